The molecule has 20 heavy (non-hydrogen) atoms. The summed E-state index contributed by atoms with van der Waals surface area (Å²) in [5.74, 6) is -0.222. The molecular weight excluding hydrogens is 258 g/mol. The molecule has 0 unspecified atom stereocenters. The third kappa shape index (κ3) is 5.42. The van der Waals surface area contributed by atoms with Crippen LogP contribution in [0, 0.1) is 12.8 Å². The lowest BCUT2D eigenvalue weighted by Crippen LogP contribution is -2.40. The molecule has 0 aliphatic heterocycles. The Balaban J connectivity index is 2.66. The number of hydrogen-bond acceptors (Lipinski definition) is 4. The van der Waals surface area contributed by atoms with Crippen LogP contribution >= 0.6 is 0 Å². The van der Waals surface area contributed by atoms with E-state index in [9.17, 15) is 9.59 Å². The van der Waals surface area contributed by atoms with Crippen molar-refractivity contribution in [3.63, 3.8) is 0 Å². The first-order chi connectivity index (χ1) is 9.42. The maximum absolute atomic E-state index is 12.3. The Labute approximate surface area is 119 Å². The summed E-state index contributed by atoms with van der Waals surface area (Å²) in [6.45, 7) is 8.65. The topological polar surface area (TPSA) is 64.4 Å². The van der Waals surface area contributed by atoms with Gasteiger partial charge in [0.1, 0.15) is 13.1 Å². The number of amides is 1. The molecule has 1 heterocycles. The first-order valence-electron chi connectivity index (χ1n) is 6.84. The summed E-state index contributed by atoms with van der Waals surface area (Å²) in [7, 11) is 0. The van der Waals surface area contributed by atoms with Gasteiger partial charge in [-0.3, -0.25) is 14.3 Å². The van der Waals surface area contributed by atoms with Gasteiger partial charge in [-0.25, -0.2) is 0 Å². The molecule has 0 saturated heterocycles. The zero-order chi connectivity index (χ0) is 15.1. The van der Waals surface area contributed by atoms with Crippen LogP contribution in [0.3, 0.4) is 0 Å². The molecule has 1 amide bonds. The quantitative estimate of drug-likeness (QED) is 0.705. The Morgan fingerprint density at radius 2 is 2.15 bits per heavy atom. The van der Waals surface area contributed by atoms with Gasteiger partial charge in [0.15, 0.2) is 0 Å². The molecule has 0 aromatic carbocycles. The van der Waals surface area contributed by atoms with Crippen molar-refractivity contribution >= 4 is 11.9 Å². The summed E-state index contributed by atoms with van der Waals surface area (Å²) < 4.78 is 6.48. The average molecular weight is 281 g/mol. The lowest BCUT2D eigenvalue weighted by molar-refractivity contribution is -0.149. The van der Waals surface area contributed by atoms with E-state index < -0.39 is 0 Å². The van der Waals surface area contributed by atoms with Crippen molar-refractivity contribution in [2.45, 2.75) is 34.2 Å². The van der Waals surface area contributed by atoms with Crippen LogP contribution < -0.4 is 0 Å². The van der Waals surface area contributed by atoms with Gasteiger partial charge < -0.3 is 9.64 Å². The van der Waals surface area contributed by atoms with Gasteiger partial charge >= 0.3 is 5.97 Å². The van der Waals surface area contributed by atoms with Gasteiger partial charge in [-0.05, 0) is 25.3 Å². The average Bonchev–Trinajstić information content (AvgIpc) is 2.73. The molecule has 0 aliphatic rings. The van der Waals surface area contributed by atoms with Crippen molar-refractivity contribution in [1.29, 1.82) is 0 Å². The largest absolute Gasteiger partial charge is 0.465 e. The second-order valence-electron chi connectivity index (χ2n) is 5.19. The highest BCUT2D eigenvalue weighted by Crippen LogP contribution is 2.03. The van der Waals surface area contributed by atoms with E-state index in [-0.39, 0.29) is 30.9 Å². The van der Waals surface area contributed by atoms with Crippen molar-refractivity contribution in [2.75, 3.05) is 19.7 Å². The Morgan fingerprint density at radius 3 is 2.65 bits per heavy atom. The van der Waals surface area contributed by atoms with E-state index in [1.807, 2.05) is 20.8 Å². The van der Waals surface area contributed by atoms with Crippen LogP contribution in [0.2, 0.25) is 0 Å². The lowest BCUT2D eigenvalue weighted by atomic mass is 10.2. The number of ether oxygens (including phenoxy) is 1. The number of hydrogen-bond donors (Lipinski definition) is 0. The number of carbonyl (C=O) groups excluding carboxylic acids is 2. The summed E-state index contributed by atoms with van der Waals surface area (Å²) in [4.78, 5) is 25.3. The third-order valence-electron chi connectivity index (χ3n) is 2.62. The minimum Gasteiger partial charge on any atom is -0.465 e. The zero-order valence-corrected chi connectivity index (χ0v) is 12.6. The number of carbonyl (C=O) groups is 2. The summed E-state index contributed by atoms with van der Waals surface area (Å²) in [6.07, 6.45) is 3.50. The maximum atomic E-state index is 12.3. The monoisotopic (exact) mass is 281 g/mol. The zero-order valence-electron chi connectivity index (χ0n) is 12.6. The number of aryl methyl sites for hydroxylation is 1. The Morgan fingerprint density at radius 1 is 1.45 bits per heavy atom. The number of aromatic nitrogens is 2. The Kier molecular flexibility index (Phi) is 6.21. The van der Waals surface area contributed by atoms with E-state index >= 15 is 0 Å². The standard InChI is InChI=1S/C14H23N3O3/c1-5-20-14(19)10-16(7-11(2)3)13(18)9-17-8-12(4)6-15-17/h6,8,11H,5,7,9-10H2,1-4H3. The van der Waals surface area contributed by atoms with Crippen molar-refractivity contribution in [2.24, 2.45) is 5.92 Å². The fraction of sp³-hybridized carbons (Fsp3) is 0.643. The smallest absolute Gasteiger partial charge is 0.325 e. The normalized spacial score (nSPS) is 10.7. The van der Waals surface area contributed by atoms with Crippen LogP contribution in [-0.4, -0.2) is 46.3 Å². The highest BCUT2D eigenvalue weighted by Gasteiger charge is 2.19. The minimum absolute atomic E-state index is 0.00883. The number of nitrogens with zero attached hydrogens (tertiary/aromatic N) is 3. The molecule has 0 bridgehead atoms. The molecule has 0 aliphatic carbocycles. The molecule has 6 heteroatoms. The molecule has 1 rings (SSSR count). The summed E-state index contributed by atoms with van der Waals surface area (Å²) in [6, 6.07) is 0. The molecule has 0 N–H and O–H groups in total. The number of rotatable bonds is 7. The van der Waals surface area contributed by atoms with Crippen LogP contribution in [0.25, 0.3) is 0 Å². The van der Waals surface area contributed by atoms with Crippen molar-refractivity contribution in [1.82, 2.24) is 14.7 Å². The SMILES string of the molecule is CCOC(=O)CN(CC(C)C)C(=O)Cn1cc(C)cn1. The molecule has 6 nitrogen and oxygen atoms in total. The van der Waals surface area contributed by atoms with Gasteiger partial charge in [0, 0.05) is 12.7 Å². The molecule has 112 valence electrons. The van der Waals surface area contributed by atoms with E-state index in [1.165, 1.54) is 4.90 Å². The van der Waals surface area contributed by atoms with E-state index in [1.54, 1.807) is 24.0 Å². The van der Waals surface area contributed by atoms with Crippen molar-refractivity contribution in [3.8, 4) is 0 Å². The Bertz CT molecular complexity index is 454. The van der Waals surface area contributed by atoms with E-state index in [2.05, 4.69) is 5.10 Å². The molecule has 1 aromatic heterocycles. The first-order valence-corrected chi connectivity index (χ1v) is 6.84. The summed E-state index contributed by atoms with van der Waals surface area (Å²) >= 11 is 0. The van der Waals surface area contributed by atoms with E-state index in [4.69, 9.17) is 4.74 Å². The molecular formula is C14H23N3O3. The highest BCUT2D eigenvalue weighted by atomic mass is 16.5. The van der Waals surface area contributed by atoms with Crippen LogP contribution in [0.5, 0.6) is 0 Å². The van der Waals surface area contributed by atoms with Gasteiger partial charge in [-0.2, -0.15) is 5.10 Å². The second-order valence-corrected chi connectivity index (χ2v) is 5.19. The molecule has 0 atom stereocenters. The number of esters is 1. The van der Waals surface area contributed by atoms with Gasteiger partial charge in [0.05, 0.1) is 12.8 Å². The van der Waals surface area contributed by atoms with Gasteiger partial charge in [-0.1, -0.05) is 13.8 Å². The Hall–Kier alpha value is -1.85. The van der Waals surface area contributed by atoms with Gasteiger partial charge in [0.25, 0.3) is 0 Å². The third-order valence-corrected chi connectivity index (χ3v) is 2.62. The van der Waals surface area contributed by atoms with Crippen molar-refractivity contribution < 1.29 is 14.3 Å². The van der Waals surface area contributed by atoms with Gasteiger partial charge in [-0.15, -0.1) is 0 Å². The molecule has 1 aromatic rings. The maximum Gasteiger partial charge on any atom is 0.325 e. The van der Waals surface area contributed by atoms with Crippen LogP contribution in [-0.2, 0) is 20.9 Å². The van der Waals surface area contributed by atoms with E-state index in [0.29, 0.717) is 13.2 Å². The first kappa shape index (κ1) is 16.2. The predicted molar refractivity (Wildman–Crippen MR) is 75.0 cm³/mol. The van der Waals surface area contributed by atoms with Gasteiger partial charge in [0.2, 0.25) is 5.91 Å². The molecule has 0 saturated carbocycles. The second kappa shape index (κ2) is 7.67. The minimum atomic E-state index is -0.377. The van der Waals surface area contributed by atoms with E-state index in [0.717, 1.165) is 5.56 Å². The predicted octanol–water partition coefficient (Wildman–Crippen LogP) is 1.24. The molecule has 0 fully saturated rings. The highest BCUT2D eigenvalue weighted by molar-refractivity contribution is 5.81. The fourth-order valence-electron chi connectivity index (χ4n) is 1.85. The molecule has 0 spiro atoms. The lowest BCUT2D eigenvalue weighted by Gasteiger charge is -2.23. The molecule has 0 radical (unpaired) electrons. The van der Waals surface area contributed by atoms with Crippen LogP contribution in [0.4, 0.5) is 0 Å². The van der Waals surface area contributed by atoms with Crippen LogP contribution in [0.1, 0.15) is 26.3 Å². The fourth-order valence-corrected chi connectivity index (χ4v) is 1.85. The summed E-state index contributed by atoms with van der Waals surface area (Å²) in [5, 5.41) is 4.09. The summed E-state index contributed by atoms with van der Waals surface area (Å²) in [5.41, 5.74) is 0.999. The van der Waals surface area contributed by atoms with Crippen LogP contribution in [0.15, 0.2) is 12.4 Å². The van der Waals surface area contributed by atoms with Crippen molar-refractivity contribution in [3.05, 3.63) is 18.0 Å².